The number of phosphoric ester groups is 1. The average Bonchev–Trinajstić information content (AvgIpc) is 3.10. The Morgan fingerprint density at radius 2 is 1.02 bits per heavy atom. The second kappa shape index (κ2) is 35.9. The molecule has 53 heavy (non-hydrogen) atoms. The fourth-order valence-electron chi connectivity index (χ4n) is 5.50. The van der Waals surface area contributed by atoms with E-state index in [1.165, 1.54) is 64.2 Å². The number of rotatable bonds is 38. The lowest BCUT2D eigenvalue weighted by Gasteiger charge is -2.28. The Bertz CT molecular complexity index is 1010. The van der Waals surface area contributed by atoms with Crippen LogP contribution >= 0.6 is 7.82 Å². The topological polar surface area (TPSA) is 111 Å². The van der Waals surface area contributed by atoms with Gasteiger partial charge >= 0.3 is 11.9 Å². The van der Waals surface area contributed by atoms with Crippen LogP contribution in [-0.2, 0) is 32.7 Å². The van der Waals surface area contributed by atoms with Crippen LogP contribution in [0.4, 0.5) is 0 Å². The Kier molecular flexibility index (Phi) is 34.7. The summed E-state index contributed by atoms with van der Waals surface area (Å²) in [4.78, 5) is 37.4. The van der Waals surface area contributed by atoms with Crippen molar-refractivity contribution in [2.24, 2.45) is 0 Å². The fraction of sp³-hybridized carbons (Fsp3) is 0.814. The maximum atomic E-state index is 12.6. The number of quaternary nitrogens is 1. The third-order valence-corrected chi connectivity index (χ3v) is 9.85. The van der Waals surface area contributed by atoms with Crippen molar-refractivity contribution in [1.29, 1.82) is 0 Å². The standard InChI is InChI=1S/C43H80NO8P/c1-6-8-10-12-14-16-18-20-22-24-26-28-30-32-34-36-43(46)52-41(40-51-53(47,48)50-38-37-44(3,4)5)39-49-42(45)35-33-31-29-27-25-23-21-19-17-15-13-11-9-7-2/h14,16,19-22,41H,6-13,15,17-18,23-40H2,1-5H3/b16-14-,21-19-,22-20-/t41-/m1/s1. The fourth-order valence-corrected chi connectivity index (χ4v) is 6.23. The minimum absolute atomic E-state index is 0.0353. The van der Waals surface area contributed by atoms with Crippen LogP contribution in [0.5, 0.6) is 0 Å². The number of esters is 2. The highest BCUT2D eigenvalue weighted by Crippen LogP contribution is 2.38. The third kappa shape index (κ3) is 39.7. The van der Waals surface area contributed by atoms with E-state index in [9.17, 15) is 19.0 Å². The molecule has 0 aliphatic rings. The number of nitrogens with zero attached hydrogens (tertiary/aromatic N) is 1. The monoisotopic (exact) mass is 770 g/mol. The van der Waals surface area contributed by atoms with Crippen LogP contribution < -0.4 is 4.89 Å². The van der Waals surface area contributed by atoms with E-state index in [4.69, 9.17) is 18.5 Å². The minimum atomic E-state index is -4.63. The summed E-state index contributed by atoms with van der Waals surface area (Å²) in [7, 11) is 1.15. The molecule has 1 unspecified atom stereocenters. The van der Waals surface area contributed by atoms with E-state index in [1.54, 1.807) is 0 Å². The lowest BCUT2D eigenvalue weighted by Crippen LogP contribution is -2.37. The van der Waals surface area contributed by atoms with Crippen molar-refractivity contribution in [3.8, 4) is 0 Å². The molecule has 0 aliphatic heterocycles. The summed E-state index contributed by atoms with van der Waals surface area (Å²) in [6, 6.07) is 0. The quantitative estimate of drug-likeness (QED) is 0.0201. The maximum Gasteiger partial charge on any atom is 0.306 e. The molecular formula is C43H80NO8P. The molecule has 0 fully saturated rings. The molecule has 0 aliphatic carbocycles. The summed E-state index contributed by atoms with van der Waals surface area (Å²) in [5.74, 6) is -0.861. The number of unbranched alkanes of at least 4 members (excludes halogenated alkanes) is 18. The Morgan fingerprint density at radius 1 is 0.585 bits per heavy atom. The minimum Gasteiger partial charge on any atom is -0.756 e. The van der Waals surface area contributed by atoms with Crippen LogP contribution in [-0.4, -0.2) is 70.0 Å². The maximum absolute atomic E-state index is 12.6. The first-order valence-corrected chi connectivity index (χ1v) is 22.7. The summed E-state index contributed by atoms with van der Waals surface area (Å²) in [5, 5.41) is 0. The number of carbonyl (C=O) groups excluding carboxylic acids is 2. The molecule has 0 spiro atoms. The van der Waals surface area contributed by atoms with Gasteiger partial charge in [0.25, 0.3) is 7.82 Å². The lowest BCUT2D eigenvalue weighted by atomic mass is 10.1. The van der Waals surface area contributed by atoms with Crippen LogP contribution in [0.25, 0.3) is 0 Å². The van der Waals surface area contributed by atoms with Crippen molar-refractivity contribution in [1.82, 2.24) is 0 Å². The highest BCUT2D eigenvalue weighted by Gasteiger charge is 2.21. The van der Waals surface area contributed by atoms with E-state index in [-0.39, 0.29) is 26.1 Å². The van der Waals surface area contributed by atoms with Crippen LogP contribution in [0.15, 0.2) is 36.5 Å². The molecule has 2 atom stereocenters. The summed E-state index contributed by atoms with van der Waals surface area (Å²) >= 11 is 0. The number of allylic oxidation sites excluding steroid dienone is 6. The molecule has 0 saturated carbocycles. The van der Waals surface area contributed by atoms with Gasteiger partial charge in [0.15, 0.2) is 6.10 Å². The molecule has 0 aromatic heterocycles. The Labute approximate surface area is 325 Å². The molecule has 0 radical (unpaired) electrons. The van der Waals surface area contributed by atoms with Crippen molar-refractivity contribution in [2.45, 2.75) is 180 Å². The summed E-state index contributed by atoms with van der Waals surface area (Å²) in [6.07, 6.45) is 38.8. The van der Waals surface area contributed by atoms with Gasteiger partial charge in [0.1, 0.15) is 19.8 Å². The molecule has 310 valence electrons. The second-order valence-electron chi connectivity index (χ2n) is 15.3. The number of ether oxygens (including phenoxy) is 2. The molecule has 0 N–H and O–H groups in total. The molecule has 0 aromatic rings. The van der Waals surface area contributed by atoms with Crippen LogP contribution in [0.1, 0.15) is 174 Å². The third-order valence-electron chi connectivity index (χ3n) is 8.88. The molecule has 0 heterocycles. The van der Waals surface area contributed by atoms with Gasteiger partial charge in [-0.15, -0.1) is 0 Å². The summed E-state index contributed by atoms with van der Waals surface area (Å²) in [5.41, 5.74) is 0. The van der Waals surface area contributed by atoms with Crippen molar-refractivity contribution < 1.29 is 42.1 Å². The van der Waals surface area contributed by atoms with Crippen molar-refractivity contribution in [2.75, 3.05) is 47.5 Å². The van der Waals surface area contributed by atoms with Gasteiger partial charge in [-0.2, -0.15) is 0 Å². The van der Waals surface area contributed by atoms with E-state index < -0.39 is 32.5 Å². The van der Waals surface area contributed by atoms with E-state index in [1.807, 2.05) is 21.1 Å². The van der Waals surface area contributed by atoms with Gasteiger partial charge in [0.2, 0.25) is 0 Å². The number of carbonyl (C=O) groups is 2. The predicted octanol–water partition coefficient (Wildman–Crippen LogP) is 11.1. The molecule has 0 bridgehead atoms. The highest BCUT2D eigenvalue weighted by molar-refractivity contribution is 7.45. The molecule has 0 amide bonds. The molecule has 9 nitrogen and oxygen atoms in total. The normalized spacial score (nSPS) is 14.0. The molecule has 0 aromatic carbocycles. The summed E-state index contributed by atoms with van der Waals surface area (Å²) in [6.45, 7) is 4.16. The van der Waals surface area contributed by atoms with E-state index in [0.29, 0.717) is 17.4 Å². The lowest BCUT2D eigenvalue weighted by molar-refractivity contribution is -0.870. The van der Waals surface area contributed by atoms with Crippen LogP contribution in [0, 0.1) is 0 Å². The number of hydrogen-bond acceptors (Lipinski definition) is 8. The predicted molar refractivity (Wildman–Crippen MR) is 217 cm³/mol. The molecule has 0 saturated heterocycles. The van der Waals surface area contributed by atoms with E-state index in [0.717, 1.165) is 77.0 Å². The SMILES string of the molecule is CCCCC/C=C\C/C=C\CCCCCCCC(=O)O[C@H](COC(=O)CCCCCCC/C=C\CCCCCCC)COP(=O)([O-])OCC[N+](C)(C)C. The second-order valence-corrected chi connectivity index (χ2v) is 16.8. The van der Waals surface area contributed by atoms with Crippen molar-refractivity contribution in [3.63, 3.8) is 0 Å². The van der Waals surface area contributed by atoms with Crippen molar-refractivity contribution >= 4 is 19.8 Å². The van der Waals surface area contributed by atoms with Gasteiger partial charge in [-0.3, -0.25) is 14.2 Å². The Hall–Kier alpha value is -1.77. The summed E-state index contributed by atoms with van der Waals surface area (Å²) < 4.78 is 33.8. The van der Waals surface area contributed by atoms with Gasteiger partial charge in [-0.1, -0.05) is 127 Å². The van der Waals surface area contributed by atoms with Gasteiger partial charge in [0, 0.05) is 12.8 Å². The van der Waals surface area contributed by atoms with Crippen LogP contribution in [0.3, 0.4) is 0 Å². The van der Waals surface area contributed by atoms with Gasteiger partial charge in [0.05, 0.1) is 27.7 Å². The van der Waals surface area contributed by atoms with Gasteiger partial charge in [-0.25, -0.2) is 0 Å². The number of hydrogen-bond donors (Lipinski definition) is 0. The Balaban J connectivity index is 4.43. The smallest absolute Gasteiger partial charge is 0.306 e. The molecule has 0 rings (SSSR count). The van der Waals surface area contributed by atoms with E-state index in [2.05, 4.69) is 50.3 Å². The first kappa shape index (κ1) is 51.2. The van der Waals surface area contributed by atoms with Gasteiger partial charge in [-0.05, 0) is 70.6 Å². The van der Waals surface area contributed by atoms with Crippen molar-refractivity contribution in [3.05, 3.63) is 36.5 Å². The molecule has 10 heteroatoms. The largest absolute Gasteiger partial charge is 0.756 e. The number of phosphoric acid groups is 1. The van der Waals surface area contributed by atoms with Gasteiger partial charge < -0.3 is 27.9 Å². The zero-order valence-corrected chi connectivity index (χ0v) is 35.6. The number of likely N-dealkylation sites (N-methyl/N-ethyl adjacent to an activating group) is 1. The first-order valence-electron chi connectivity index (χ1n) is 21.2. The zero-order chi connectivity index (χ0) is 39.3. The average molecular weight is 770 g/mol. The Morgan fingerprint density at radius 3 is 1.55 bits per heavy atom. The van der Waals surface area contributed by atoms with Crippen LogP contribution in [0.2, 0.25) is 0 Å². The van der Waals surface area contributed by atoms with E-state index >= 15 is 0 Å². The highest BCUT2D eigenvalue weighted by atomic mass is 31.2. The zero-order valence-electron chi connectivity index (χ0n) is 34.7. The first-order chi connectivity index (χ1) is 25.5. The molecular weight excluding hydrogens is 689 g/mol.